The quantitative estimate of drug-likeness (QED) is 0.914. The van der Waals surface area contributed by atoms with E-state index in [4.69, 9.17) is 14.6 Å². The van der Waals surface area contributed by atoms with Crippen molar-refractivity contribution in [2.75, 3.05) is 26.3 Å². The summed E-state index contributed by atoms with van der Waals surface area (Å²) in [6, 6.07) is 7.56. The van der Waals surface area contributed by atoms with Crippen molar-refractivity contribution in [2.45, 2.75) is 31.5 Å². The zero-order valence-electron chi connectivity index (χ0n) is 13.1. The number of carboxylic acids is 1. The Hall–Kier alpha value is -1.92. The van der Waals surface area contributed by atoms with Gasteiger partial charge in [0.25, 0.3) is 5.91 Å². The molecule has 0 bridgehead atoms. The lowest BCUT2D eigenvalue weighted by atomic mass is 9.96. The minimum absolute atomic E-state index is 0.0786. The van der Waals surface area contributed by atoms with Gasteiger partial charge >= 0.3 is 5.97 Å². The molecular weight excluding hydrogens is 298 g/mol. The van der Waals surface area contributed by atoms with Crippen LogP contribution in [0, 0.1) is 0 Å². The molecule has 1 aromatic carbocycles. The Bertz CT molecular complexity index is 596. The smallest absolute Gasteiger partial charge is 0.334 e. The predicted octanol–water partition coefficient (Wildman–Crippen LogP) is 1.50. The number of aliphatic carboxylic acids is 1. The highest BCUT2D eigenvalue weighted by Gasteiger charge is 2.33. The van der Waals surface area contributed by atoms with Crippen LogP contribution in [-0.4, -0.2) is 60.4 Å². The fraction of sp³-hybridized carbons (Fsp3) is 0.529. The molecule has 0 radical (unpaired) electrons. The molecule has 2 heterocycles. The van der Waals surface area contributed by atoms with Crippen LogP contribution in [0.15, 0.2) is 24.3 Å². The Kier molecular flexibility index (Phi) is 4.63. The molecule has 6 nitrogen and oxygen atoms in total. The summed E-state index contributed by atoms with van der Waals surface area (Å²) in [7, 11) is 0. The second kappa shape index (κ2) is 6.68. The standard InChI is InChI=1S/C17H21NO5/c1-11-8-18(9-15(23-11)17(20)21)16(19)13-4-2-3-12(7-13)14-5-6-22-10-14/h2-4,7,11,14-15H,5-6,8-10H2,1H3,(H,20,21)/t11-,14?,15?/m1/s1. The number of nitrogens with zero attached hydrogens (tertiary/aromatic N) is 1. The Morgan fingerprint density at radius 3 is 2.83 bits per heavy atom. The normalized spacial score (nSPS) is 27.9. The Labute approximate surface area is 135 Å². The average molecular weight is 319 g/mol. The fourth-order valence-electron chi connectivity index (χ4n) is 3.16. The lowest BCUT2D eigenvalue weighted by molar-refractivity contribution is -0.160. The van der Waals surface area contributed by atoms with Crippen LogP contribution in [0.1, 0.15) is 35.2 Å². The van der Waals surface area contributed by atoms with Crippen LogP contribution in [-0.2, 0) is 14.3 Å². The molecule has 1 N–H and O–H groups in total. The molecular formula is C17H21NO5. The second-order valence-corrected chi connectivity index (χ2v) is 6.17. The zero-order valence-corrected chi connectivity index (χ0v) is 13.1. The van der Waals surface area contributed by atoms with E-state index in [1.165, 1.54) is 0 Å². The van der Waals surface area contributed by atoms with Gasteiger partial charge in [0, 0.05) is 24.6 Å². The number of carbonyl (C=O) groups is 2. The van der Waals surface area contributed by atoms with Crippen molar-refractivity contribution in [1.29, 1.82) is 0 Å². The third kappa shape index (κ3) is 3.54. The van der Waals surface area contributed by atoms with E-state index >= 15 is 0 Å². The van der Waals surface area contributed by atoms with Gasteiger partial charge < -0.3 is 19.5 Å². The molecule has 3 atom stereocenters. The first-order valence-electron chi connectivity index (χ1n) is 7.90. The minimum atomic E-state index is -1.04. The van der Waals surface area contributed by atoms with E-state index in [-0.39, 0.29) is 18.6 Å². The number of carboxylic acid groups (broad SMARTS) is 1. The van der Waals surface area contributed by atoms with Gasteiger partial charge in [0.1, 0.15) is 0 Å². The van der Waals surface area contributed by atoms with Crippen LogP contribution < -0.4 is 0 Å². The molecule has 1 aromatic rings. The molecule has 2 aliphatic rings. The summed E-state index contributed by atoms with van der Waals surface area (Å²) in [5.41, 5.74) is 1.69. The van der Waals surface area contributed by atoms with Gasteiger partial charge in [0.05, 0.1) is 19.3 Å². The van der Waals surface area contributed by atoms with E-state index in [1.807, 2.05) is 18.2 Å². The lowest BCUT2D eigenvalue weighted by Gasteiger charge is -2.35. The molecule has 0 aliphatic carbocycles. The van der Waals surface area contributed by atoms with E-state index in [0.717, 1.165) is 18.6 Å². The van der Waals surface area contributed by atoms with Gasteiger partial charge in [-0.3, -0.25) is 4.79 Å². The maximum absolute atomic E-state index is 12.7. The number of carbonyl (C=O) groups excluding carboxylic acids is 1. The first-order chi connectivity index (χ1) is 11.0. The van der Waals surface area contributed by atoms with Crippen LogP contribution in [0.3, 0.4) is 0 Å². The number of amides is 1. The summed E-state index contributed by atoms with van der Waals surface area (Å²) < 4.78 is 10.8. The largest absolute Gasteiger partial charge is 0.479 e. The van der Waals surface area contributed by atoms with E-state index < -0.39 is 12.1 Å². The van der Waals surface area contributed by atoms with Gasteiger partial charge in [-0.15, -0.1) is 0 Å². The number of morpholine rings is 1. The Balaban J connectivity index is 1.76. The molecule has 6 heteroatoms. The summed E-state index contributed by atoms with van der Waals surface area (Å²) in [6.45, 7) is 3.70. The average Bonchev–Trinajstić information content (AvgIpc) is 3.08. The third-order valence-corrected chi connectivity index (χ3v) is 4.36. The van der Waals surface area contributed by atoms with Crippen LogP contribution in [0.2, 0.25) is 0 Å². The van der Waals surface area contributed by atoms with Crippen molar-refractivity contribution in [1.82, 2.24) is 4.90 Å². The molecule has 0 aromatic heterocycles. The van der Waals surface area contributed by atoms with Crippen molar-refractivity contribution in [3.63, 3.8) is 0 Å². The molecule has 23 heavy (non-hydrogen) atoms. The minimum Gasteiger partial charge on any atom is -0.479 e. The van der Waals surface area contributed by atoms with E-state index in [2.05, 4.69) is 0 Å². The van der Waals surface area contributed by atoms with Crippen molar-refractivity contribution >= 4 is 11.9 Å². The van der Waals surface area contributed by atoms with Crippen molar-refractivity contribution in [3.8, 4) is 0 Å². The molecule has 2 aliphatic heterocycles. The number of hydrogen-bond acceptors (Lipinski definition) is 4. The van der Waals surface area contributed by atoms with Crippen LogP contribution >= 0.6 is 0 Å². The zero-order chi connectivity index (χ0) is 16.4. The molecule has 3 rings (SSSR count). The maximum Gasteiger partial charge on any atom is 0.334 e. The van der Waals surface area contributed by atoms with E-state index in [9.17, 15) is 9.59 Å². The molecule has 2 fully saturated rings. The molecule has 2 unspecified atom stereocenters. The maximum atomic E-state index is 12.7. The van der Waals surface area contributed by atoms with E-state index in [1.54, 1.807) is 17.9 Å². The lowest BCUT2D eigenvalue weighted by Crippen LogP contribution is -2.51. The summed E-state index contributed by atoms with van der Waals surface area (Å²) in [6.07, 6.45) is -0.290. The SMILES string of the molecule is C[C@@H]1CN(C(=O)c2cccc(C3CCOC3)c2)CC(C(=O)O)O1. The van der Waals surface area contributed by atoms with Gasteiger partial charge in [0.2, 0.25) is 0 Å². The molecule has 2 saturated heterocycles. The van der Waals surface area contributed by atoms with Crippen LogP contribution in [0.4, 0.5) is 0 Å². The summed E-state index contributed by atoms with van der Waals surface area (Å²) >= 11 is 0. The fourth-order valence-corrected chi connectivity index (χ4v) is 3.16. The van der Waals surface area contributed by atoms with Crippen molar-refractivity contribution < 1.29 is 24.2 Å². The van der Waals surface area contributed by atoms with Crippen molar-refractivity contribution in [2.24, 2.45) is 0 Å². The first kappa shape index (κ1) is 16.0. The van der Waals surface area contributed by atoms with Gasteiger partial charge in [0.15, 0.2) is 6.10 Å². The predicted molar refractivity (Wildman–Crippen MR) is 82.5 cm³/mol. The van der Waals surface area contributed by atoms with Gasteiger partial charge in [-0.1, -0.05) is 12.1 Å². The second-order valence-electron chi connectivity index (χ2n) is 6.17. The molecule has 0 spiro atoms. The van der Waals surface area contributed by atoms with Gasteiger partial charge in [-0.2, -0.15) is 0 Å². The number of rotatable bonds is 3. The molecule has 0 saturated carbocycles. The highest BCUT2D eigenvalue weighted by molar-refractivity contribution is 5.95. The van der Waals surface area contributed by atoms with Gasteiger partial charge in [-0.05, 0) is 31.0 Å². The Morgan fingerprint density at radius 2 is 2.13 bits per heavy atom. The summed E-state index contributed by atoms with van der Waals surface area (Å²) in [5.74, 6) is -0.850. The Morgan fingerprint density at radius 1 is 1.30 bits per heavy atom. The van der Waals surface area contributed by atoms with E-state index in [0.29, 0.717) is 24.6 Å². The first-order valence-corrected chi connectivity index (χ1v) is 7.90. The molecule has 1 amide bonds. The van der Waals surface area contributed by atoms with Crippen molar-refractivity contribution in [3.05, 3.63) is 35.4 Å². The number of benzene rings is 1. The molecule has 124 valence electrons. The topological polar surface area (TPSA) is 76.1 Å². The van der Waals surface area contributed by atoms with Crippen LogP contribution in [0.25, 0.3) is 0 Å². The van der Waals surface area contributed by atoms with Gasteiger partial charge in [-0.25, -0.2) is 4.79 Å². The number of ether oxygens (including phenoxy) is 2. The summed E-state index contributed by atoms with van der Waals surface area (Å²) in [4.78, 5) is 25.4. The number of hydrogen-bond donors (Lipinski definition) is 1. The van der Waals surface area contributed by atoms with Crippen LogP contribution in [0.5, 0.6) is 0 Å². The highest BCUT2D eigenvalue weighted by Crippen LogP contribution is 2.26. The third-order valence-electron chi connectivity index (χ3n) is 4.36. The summed E-state index contributed by atoms with van der Waals surface area (Å²) in [5, 5.41) is 9.14. The monoisotopic (exact) mass is 319 g/mol. The highest BCUT2D eigenvalue weighted by atomic mass is 16.5.